The second kappa shape index (κ2) is 12.0. The normalized spacial score (nSPS) is 14.2. The van der Waals surface area contributed by atoms with Crippen LogP contribution in [0, 0.1) is 5.92 Å². The van der Waals surface area contributed by atoms with E-state index in [1.54, 1.807) is 0 Å². The van der Waals surface area contributed by atoms with Gasteiger partial charge in [-0.3, -0.25) is 0 Å². The minimum absolute atomic E-state index is 0.0306. The van der Waals surface area contributed by atoms with Gasteiger partial charge in [-0.15, -0.1) is 0 Å². The van der Waals surface area contributed by atoms with E-state index in [2.05, 4.69) is 104 Å². The lowest BCUT2D eigenvalue weighted by Crippen LogP contribution is -2.26. The number of benzene rings is 4. The van der Waals surface area contributed by atoms with Crippen LogP contribution in [0.2, 0.25) is 0 Å². The maximum atomic E-state index is 7.05. The molecule has 0 fully saturated rings. The van der Waals surface area contributed by atoms with Gasteiger partial charge in [0.05, 0.1) is 0 Å². The summed E-state index contributed by atoms with van der Waals surface area (Å²) < 4.78 is 0. The van der Waals surface area contributed by atoms with E-state index in [9.17, 15) is 0 Å². The third kappa shape index (κ3) is 5.94. The minimum Gasteiger partial charge on any atom is -0.324 e. The standard InChI is InChI=1S/C32H37N2/c1-2-3-12-26(21-22-30(33)25-14-6-4-7-15-25)31(32(34)27-16-8-5-9-17-27)29-20-19-24-13-10-11-18-28(24)23-29/h4-11,13-20,23,30-32H,2-3,12,21-22,33-34H2,1H3. The molecule has 175 valence electrons. The Morgan fingerprint density at radius 2 is 1.26 bits per heavy atom. The molecule has 4 rings (SSSR count). The molecule has 0 aromatic heterocycles. The third-order valence-electron chi connectivity index (χ3n) is 6.97. The van der Waals surface area contributed by atoms with Gasteiger partial charge in [0.2, 0.25) is 0 Å². The van der Waals surface area contributed by atoms with E-state index < -0.39 is 0 Å². The highest BCUT2D eigenvalue weighted by atomic mass is 14.7. The van der Waals surface area contributed by atoms with Gasteiger partial charge in [-0.25, -0.2) is 0 Å². The molecule has 0 saturated heterocycles. The van der Waals surface area contributed by atoms with Crippen LogP contribution in [0.5, 0.6) is 0 Å². The van der Waals surface area contributed by atoms with Crippen molar-refractivity contribution in [2.75, 3.05) is 0 Å². The molecule has 0 aliphatic rings. The Morgan fingerprint density at radius 1 is 0.647 bits per heavy atom. The molecular weight excluding hydrogens is 412 g/mol. The highest BCUT2D eigenvalue weighted by Gasteiger charge is 2.30. The molecule has 0 bridgehead atoms. The van der Waals surface area contributed by atoms with E-state index in [0.717, 1.165) is 19.3 Å². The molecule has 0 spiro atoms. The van der Waals surface area contributed by atoms with Crippen LogP contribution in [0.15, 0.2) is 103 Å². The van der Waals surface area contributed by atoms with Gasteiger partial charge in [-0.2, -0.15) is 0 Å². The van der Waals surface area contributed by atoms with Gasteiger partial charge in [0, 0.05) is 18.0 Å². The van der Waals surface area contributed by atoms with Crippen LogP contribution in [0.4, 0.5) is 0 Å². The van der Waals surface area contributed by atoms with Crippen LogP contribution >= 0.6 is 0 Å². The summed E-state index contributed by atoms with van der Waals surface area (Å²) in [5.41, 5.74) is 17.4. The van der Waals surface area contributed by atoms with E-state index in [1.807, 2.05) is 6.07 Å². The van der Waals surface area contributed by atoms with Crippen molar-refractivity contribution in [3.63, 3.8) is 0 Å². The van der Waals surface area contributed by atoms with Crippen LogP contribution in [0.3, 0.4) is 0 Å². The van der Waals surface area contributed by atoms with Gasteiger partial charge < -0.3 is 11.5 Å². The van der Waals surface area contributed by atoms with Crippen molar-refractivity contribution in [2.24, 2.45) is 11.5 Å². The van der Waals surface area contributed by atoms with Crippen molar-refractivity contribution >= 4 is 10.8 Å². The molecule has 0 aliphatic carbocycles. The zero-order valence-electron chi connectivity index (χ0n) is 20.2. The summed E-state index contributed by atoms with van der Waals surface area (Å²) in [5.74, 6) is 1.67. The summed E-state index contributed by atoms with van der Waals surface area (Å²) in [7, 11) is 0. The van der Waals surface area contributed by atoms with Crippen molar-refractivity contribution in [3.05, 3.63) is 126 Å². The SMILES string of the molecule is CCCC[C](CCC(N)c1ccccc1)C(c1ccc2ccccc2c1)C(N)c1ccccc1. The first-order valence-electron chi connectivity index (χ1n) is 12.6. The predicted molar refractivity (Wildman–Crippen MR) is 145 cm³/mol. The first kappa shape index (κ1) is 24.2. The predicted octanol–water partition coefficient (Wildman–Crippen LogP) is 7.87. The van der Waals surface area contributed by atoms with Crippen LogP contribution < -0.4 is 11.5 Å². The van der Waals surface area contributed by atoms with Gasteiger partial charge >= 0.3 is 0 Å². The number of fused-ring (bicyclic) bond motifs is 1. The summed E-state index contributed by atoms with van der Waals surface area (Å²) in [6.45, 7) is 2.26. The number of hydrogen-bond donors (Lipinski definition) is 2. The average Bonchev–Trinajstić information content (AvgIpc) is 2.90. The van der Waals surface area contributed by atoms with E-state index in [1.165, 1.54) is 46.2 Å². The van der Waals surface area contributed by atoms with Gasteiger partial charge in [0.25, 0.3) is 0 Å². The fourth-order valence-corrected chi connectivity index (χ4v) is 5.01. The van der Waals surface area contributed by atoms with Crippen molar-refractivity contribution in [2.45, 2.75) is 57.0 Å². The van der Waals surface area contributed by atoms with Gasteiger partial charge in [-0.1, -0.05) is 123 Å². The second-order valence-corrected chi connectivity index (χ2v) is 9.34. The maximum absolute atomic E-state index is 7.05. The van der Waals surface area contributed by atoms with E-state index >= 15 is 0 Å². The maximum Gasteiger partial charge on any atom is 0.0370 e. The molecular formula is C32H37N2. The lowest BCUT2D eigenvalue weighted by molar-refractivity contribution is 0.470. The summed E-state index contributed by atoms with van der Waals surface area (Å²) in [5, 5.41) is 2.53. The molecule has 1 radical (unpaired) electrons. The lowest BCUT2D eigenvalue weighted by atomic mass is 9.73. The average molecular weight is 450 g/mol. The Bertz CT molecular complexity index is 1140. The quantitative estimate of drug-likeness (QED) is 0.245. The van der Waals surface area contributed by atoms with E-state index in [0.29, 0.717) is 0 Å². The molecule has 0 aliphatic heterocycles. The van der Waals surface area contributed by atoms with Crippen molar-refractivity contribution in [1.82, 2.24) is 0 Å². The molecule has 0 amide bonds. The molecule has 2 nitrogen and oxygen atoms in total. The topological polar surface area (TPSA) is 52.0 Å². The highest BCUT2D eigenvalue weighted by Crippen LogP contribution is 2.43. The van der Waals surface area contributed by atoms with E-state index in [4.69, 9.17) is 11.5 Å². The van der Waals surface area contributed by atoms with Gasteiger partial charge in [0.15, 0.2) is 0 Å². The molecule has 3 atom stereocenters. The lowest BCUT2D eigenvalue weighted by Gasteiger charge is -2.33. The van der Waals surface area contributed by atoms with Crippen LogP contribution in [0.1, 0.15) is 73.7 Å². The Labute approximate surface area is 205 Å². The fraction of sp³-hybridized carbons (Fsp3) is 0.281. The molecule has 4 aromatic rings. The van der Waals surface area contributed by atoms with Crippen molar-refractivity contribution < 1.29 is 0 Å². The Hall–Kier alpha value is -2.94. The van der Waals surface area contributed by atoms with Gasteiger partial charge in [0.1, 0.15) is 0 Å². The second-order valence-electron chi connectivity index (χ2n) is 9.34. The van der Waals surface area contributed by atoms with Crippen molar-refractivity contribution in [3.8, 4) is 0 Å². The monoisotopic (exact) mass is 449 g/mol. The molecule has 2 heteroatoms. The molecule has 0 heterocycles. The van der Waals surface area contributed by atoms with Crippen LogP contribution in [-0.2, 0) is 0 Å². The number of unbranched alkanes of at least 4 members (excludes halogenated alkanes) is 1. The first-order valence-corrected chi connectivity index (χ1v) is 12.6. The molecule has 0 saturated carbocycles. The number of rotatable bonds is 11. The summed E-state index contributed by atoms with van der Waals surface area (Å²) in [6, 6.07) is 36.4. The van der Waals surface area contributed by atoms with Crippen LogP contribution in [0.25, 0.3) is 10.8 Å². The molecule has 3 unspecified atom stereocenters. The Kier molecular flexibility index (Phi) is 8.51. The minimum atomic E-state index is -0.0952. The molecule has 34 heavy (non-hydrogen) atoms. The first-order chi connectivity index (χ1) is 16.7. The smallest absolute Gasteiger partial charge is 0.0370 e. The summed E-state index contributed by atoms with van der Waals surface area (Å²) >= 11 is 0. The fourth-order valence-electron chi connectivity index (χ4n) is 5.01. The Balaban J connectivity index is 1.67. The number of nitrogens with two attached hydrogens (primary N) is 2. The molecule has 4 N–H and O–H groups in total. The number of hydrogen-bond acceptors (Lipinski definition) is 2. The highest BCUT2D eigenvalue weighted by molar-refractivity contribution is 5.83. The zero-order chi connectivity index (χ0) is 23.8. The van der Waals surface area contributed by atoms with Gasteiger partial charge in [-0.05, 0) is 52.6 Å². The molecule has 4 aromatic carbocycles. The van der Waals surface area contributed by atoms with E-state index in [-0.39, 0.29) is 18.0 Å². The zero-order valence-corrected chi connectivity index (χ0v) is 20.2. The summed E-state index contributed by atoms with van der Waals surface area (Å²) in [6.07, 6.45) is 5.32. The van der Waals surface area contributed by atoms with Crippen molar-refractivity contribution in [1.29, 1.82) is 0 Å². The van der Waals surface area contributed by atoms with Crippen LogP contribution in [-0.4, -0.2) is 0 Å². The summed E-state index contributed by atoms with van der Waals surface area (Å²) in [4.78, 5) is 0. The largest absolute Gasteiger partial charge is 0.324 e. The third-order valence-corrected chi connectivity index (χ3v) is 6.97. The Morgan fingerprint density at radius 3 is 1.94 bits per heavy atom.